The SMILES string of the molecule is CC1(C)CC(C)(C)c2c1c1ncccc1c1nc3cc4c(cc3n21)C(C)(C)C(C)(C)C4(C)C. The third-order valence-corrected chi connectivity index (χ3v) is 10.2. The molecule has 3 heteroatoms. The van der Waals surface area contributed by atoms with Gasteiger partial charge in [-0.15, -0.1) is 0 Å². The molecule has 172 valence electrons. The molecule has 3 nitrogen and oxygen atoms in total. The van der Waals surface area contributed by atoms with E-state index < -0.39 is 0 Å². The first-order valence-electron chi connectivity index (χ1n) is 12.4. The van der Waals surface area contributed by atoms with Crippen LogP contribution in [0.25, 0.3) is 27.6 Å². The van der Waals surface area contributed by atoms with Crippen molar-refractivity contribution < 1.29 is 0 Å². The number of hydrogen-bond acceptors (Lipinski definition) is 2. The van der Waals surface area contributed by atoms with E-state index in [1.54, 1.807) is 0 Å². The van der Waals surface area contributed by atoms with Crippen molar-refractivity contribution >= 4 is 27.6 Å². The van der Waals surface area contributed by atoms with Crippen molar-refractivity contribution in [3.63, 3.8) is 0 Å². The fraction of sp³-hybridized carbons (Fsp3) is 0.533. The monoisotopic (exact) mass is 439 g/mol. The van der Waals surface area contributed by atoms with Gasteiger partial charge in [-0.1, -0.05) is 69.2 Å². The van der Waals surface area contributed by atoms with E-state index in [1.165, 1.54) is 27.9 Å². The Morgan fingerprint density at radius 1 is 0.818 bits per heavy atom. The van der Waals surface area contributed by atoms with Gasteiger partial charge in [-0.3, -0.25) is 9.38 Å². The predicted molar refractivity (Wildman–Crippen MR) is 139 cm³/mol. The van der Waals surface area contributed by atoms with Gasteiger partial charge in [-0.05, 0) is 63.5 Å². The summed E-state index contributed by atoms with van der Waals surface area (Å²) in [6, 6.07) is 9.13. The van der Waals surface area contributed by atoms with Crippen molar-refractivity contribution in [1.29, 1.82) is 0 Å². The third kappa shape index (κ3) is 2.22. The Kier molecular flexibility index (Phi) is 3.60. The summed E-state index contributed by atoms with van der Waals surface area (Å²) in [5.74, 6) is 0. The molecule has 0 N–H and O–H groups in total. The summed E-state index contributed by atoms with van der Waals surface area (Å²) in [5.41, 5.74) is 10.6. The van der Waals surface area contributed by atoms with E-state index in [4.69, 9.17) is 9.97 Å². The molecule has 6 rings (SSSR count). The van der Waals surface area contributed by atoms with E-state index >= 15 is 0 Å². The zero-order chi connectivity index (χ0) is 23.9. The van der Waals surface area contributed by atoms with Gasteiger partial charge >= 0.3 is 0 Å². The third-order valence-electron chi connectivity index (χ3n) is 10.2. The van der Waals surface area contributed by atoms with Crippen LogP contribution in [0.3, 0.4) is 0 Å². The lowest BCUT2D eigenvalue weighted by atomic mass is 9.59. The molecular formula is C30H37N3. The molecule has 3 heterocycles. The topological polar surface area (TPSA) is 30.2 Å². The van der Waals surface area contributed by atoms with Crippen LogP contribution in [0.4, 0.5) is 0 Å². The van der Waals surface area contributed by atoms with Crippen molar-refractivity contribution in [1.82, 2.24) is 14.4 Å². The van der Waals surface area contributed by atoms with Crippen LogP contribution >= 0.6 is 0 Å². The molecular weight excluding hydrogens is 402 g/mol. The number of imidazole rings is 1. The summed E-state index contributed by atoms with van der Waals surface area (Å²) in [6.07, 6.45) is 3.04. The number of nitrogens with zero attached hydrogens (tertiary/aromatic N) is 3. The van der Waals surface area contributed by atoms with Gasteiger partial charge < -0.3 is 0 Å². The van der Waals surface area contributed by atoms with Crippen LogP contribution in [0.2, 0.25) is 0 Å². The highest BCUT2D eigenvalue weighted by atomic mass is 15.0. The lowest BCUT2D eigenvalue weighted by molar-refractivity contribution is 0.125. The fourth-order valence-corrected chi connectivity index (χ4v) is 7.59. The van der Waals surface area contributed by atoms with Gasteiger partial charge in [0.15, 0.2) is 0 Å². The number of rotatable bonds is 0. The summed E-state index contributed by atoms with van der Waals surface area (Å²) in [6.45, 7) is 24.1. The number of hydrogen-bond donors (Lipinski definition) is 0. The first-order chi connectivity index (χ1) is 15.1. The lowest BCUT2D eigenvalue weighted by Gasteiger charge is -2.44. The zero-order valence-corrected chi connectivity index (χ0v) is 21.9. The average Bonchev–Trinajstić information content (AvgIpc) is 3.20. The van der Waals surface area contributed by atoms with E-state index in [0.717, 1.165) is 28.5 Å². The highest BCUT2D eigenvalue weighted by Crippen LogP contribution is 2.62. The normalized spacial score (nSPS) is 23.3. The number of aromatic nitrogens is 3. The molecule has 0 atom stereocenters. The van der Waals surface area contributed by atoms with Crippen LogP contribution in [0.15, 0.2) is 30.5 Å². The highest BCUT2D eigenvalue weighted by Gasteiger charge is 2.57. The minimum Gasteiger partial charge on any atom is -0.295 e. The molecule has 1 aromatic carbocycles. The second kappa shape index (κ2) is 5.62. The van der Waals surface area contributed by atoms with Crippen molar-refractivity contribution in [2.75, 3.05) is 0 Å². The molecule has 0 bridgehead atoms. The van der Waals surface area contributed by atoms with Gasteiger partial charge in [0.1, 0.15) is 5.65 Å². The Morgan fingerprint density at radius 2 is 1.45 bits per heavy atom. The summed E-state index contributed by atoms with van der Waals surface area (Å²) >= 11 is 0. The minimum absolute atomic E-state index is 0.0451. The summed E-state index contributed by atoms with van der Waals surface area (Å²) in [4.78, 5) is 10.2. The number of benzene rings is 1. The minimum atomic E-state index is 0.0451. The quantitative estimate of drug-likeness (QED) is 0.282. The Labute approximate surface area is 197 Å². The Bertz CT molecular complexity index is 1510. The van der Waals surface area contributed by atoms with Crippen LogP contribution in [0.5, 0.6) is 0 Å². The Morgan fingerprint density at radius 3 is 2.12 bits per heavy atom. The molecule has 2 aliphatic rings. The first kappa shape index (κ1) is 21.1. The maximum atomic E-state index is 5.30. The number of pyridine rings is 2. The molecule has 0 saturated heterocycles. The molecule has 0 radical (unpaired) electrons. The Balaban J connectivity index is 1.86. The smallest absolute Gasteiger partial charge is 0.147 e. The van der Waals surface area contributed by atoms with Gasteiger partial charge in [0, 0.05) is 28.3 Å². The van der Waals surface area contributed by atoms with Crippen molar-refractivity contribution in [2.45, 2.75) is 97.3 Å². The fourth-order valence-electron chi connectivity index (χ4n) is 7.59. The lowest BCUT2D eigenvalue weighted by Crippen LogP contribution is -2.42. The highest BCUT2D eigenvalue weighted by molar-refractivity contribution is 6.00. The van der Waals surface area contributed by atoms with Crippen molar-refractivity contribution in [3.8, 4) is 0 Å². The average molecular weight is 440 g/mol. The predicted octanol–water partition coefficient (Wildman–Crippen LogP) is 7.59. The van der Waals surface area contributed by atoms with Crippen LogP contribution in [-0.4, -0.2) is 14.4 Å². The van der Waals surface area contributed by atoms with Gasteiger partial charge in [0.2, 0.25) is 0 Å². The molecule has 0 amide bonds. The summed E-state index contributed by atoms with van der Waals surface area (Å²) in [5, 5.41) is 1.16. The second-order valence-corrected chi connectivity index (χ2v) is 13.6. The number of fused-ring (bicyclic) bond motifs is 9. The maximum absolute atomic E-state index is 5.30. The molecule has 0 unspecified atom stereocenters. The van der Waals surface area contributed by atoms with Gasteiger partial charge in [0.25, 0.3) is 0 Å². The van der Waals surface area contributed by atoms with Crippen LogP contribution in [0.1, 0.15) is 98.0 Å². The largest absolute Gasteiger partial charge is 0.295 e. The van der Waals surface area contributed by atoms with E-state index in [1.807, 2.05) is 6.20 Å². The summed E-state index contributed by atoms with van der Waals surface area (Å²) in [7, 11) is 0. The molecule has 0 fully saturated rings. The Hall–Kier alpha value is -2.42. The van der Waals surface area contributed by atoms with E-state index in [9.17, 15) is 0 Å². The van der Waals surface area contributed by atoms with Gasteiger partial charge in [-0.25, -0.2) is 4.98 Å². The second-order valence-electron chi connectivity index (χ2n) is 13.6. The van der Waals surface area contributed by atoms with Crippen LogP contribution in [-0.2, 0) is 21.7 Å². The zero-order valence-electron chi connectivity index (χ0n) is 21.9. The van der Waals surface area contributed by atoms with Crippen molar-refractivity contribution in [2.24, 2.45) is 5.41 Å². The maximum Gasteiger partial charge on any atom is 0.147 e. The molecule has 2 aliphatic carbocycles. The molecule has 33 heavy (non-hydrogen) atoms. The van der Waals surface area contributed by atoms with Gasteiger partial charge in [-0.2, -0.15) is 0 Å². The first-order valence-corrected chi connectivity index (χ1v) is 12.4. The molecule has 0 saturated carbocycles. The summed E-state index contributed by atoms with van der Waals surface area (Å²) < 4.78 is 2.50. The van der Waals surface area contributed by atoms with E-state index in [2.05, 4.69) is 97.9 Å². The van der Waals surface area contributed by atoms with Crippen LogP contribution in [0, 0.1) is 5.41 Å². The molecule has 0 aliphatic heterocycles. The standard InChI is InChI=1S/C30H37N3/c1-26(2)16-27(3,4)24-22(26)23-17(12-11-13-31-23)25-32-20-14-18-19(15-21(20)33(24)25)29(7,8)30(9,10)28(18,5)6/h11-15H,16H2,1-10H3. The van der Waals surface area contributed by atoms with Gasteiger partial charge in [0.05, 0.1) is 16.6 Å². The van der Waals surface area contributed by atoms with E-state index in [-0.39, 0.29) is 27.1 Å². The molecule has 4 aromatic rings. The van der Waals surface area contributed by atoms with Crippen LogP contribution < -0.4 is 0 Å². The van der Waals surface area contributed by atoms with E-state index in [0.29, 0.717) is 0 Å². The molecule has 3 aromatic heterocycles. The van der Waals surface area contributed by atoms with Crippen molar-refractivity contribution in [3.05, 3.63) is 52.8 Å². The molecule has 0 spiro atoms.